The lowest BCUT2D eigenvalue weighted by molar-refractivity contribution is -0.139. The van der Waals surface area contributed by atoms with Crippen molar-refractivity contribution in [1.29, 1.82) is 5.26 Å². The van der Waals surface area contributed by atoms with E-state index in [0.717, 1.165) is 63.9 Å². The highest BCUT2D eigenvalue weighted by Crippen LogP contribution is 2.43. The van der Waals surface area contributed by atoms with Crippen molar-refractivity contribution >= 4 is 11.7 Å². The molecular weight excluding hydrogens is 340 g/mol. The molecule has 2 aliphatic heterocycles. The molecule has 0 bridgehead atoms. The van der Waals surface area contributed by atoms with Crippen LogP contribution < -0.4 is 4.90 Å². The quantitative estimate of drug-likeness (QED) is 0.820. The van der Waals surface area contributed by atoms with E-state index in [1.807, 2.05) is 0 Å². The zero-order chi connectivity index (χ0) is 18.9. The molecule has 3 aliphatic rings. The van der Waals surface area contributed by atoms with E-state index >= 15 is 0 Å². The molecule has 1 amide bonds. The van der Waals surface area contributed by atoms with Crippen molar-refractivity contribution < 1.29 is 9.53 Å². The van der Waals surface area contributed by atoms with Crippen LogP contribution in [-0.2, 0) is 9.53 Å². The summed E-state index contributed by atoms with van der Waals surface area (Å²) in [5, 5.41) is 9.41. The third-order valence-corrected chi connectivity index (χ3v) is 6.75. The molecule has 0 aromatic carbocycles. The number of ether oxygens (including phenoxy) is 1. The predicted octanol–water partition coefficient (Wildman–Crippen LogP) is 2.73. The molecule has 4 rings (SSSR count). The number of piperidine rings is 1. The molecule has 6 nitrogen and oxygen atoms in total. The number of nitrogens with zero attached hydrogens (tertiary/aromatic N) is 4. The summed E-state index contributed by atoms with van der Waals surface area (Å²) < 4.78 is 5.48. The van der Waals surface area contributed by atoms with E-state index in [1.165, 1.54) is 0 Å². The molecule has 27 heavy (non-hydrogen) atoms. The minimum absolute atomic E-state index is 0.305. The summed E-state index contributed by atoms with van der Waals surface area (Å²) in [7, 11) is 1.78. The first-order valence-corrected chi connectivity index (χ1v) is 10.1. The molecular formula is C21H28N4O2. The number of rotatable bonds is 3. The van der Waals surface area contributed by atoms with Crippen LogP contribution >= 0.6 is 0 Å². The summed E-state index contributed by atoms with van der Waals surface area (Å²) in [6, 6.07) is 6.20. The Balaban J connectivity index is 1.49. The van der Waals surface area contributed by atoms with Gasteiger partial charge in [0.05, 0.1) is 17.1 Å². The van der Waals surface area contributed by atoms with Crippen molar-refractivity contribution in [2.24, 2.45) is 5.41 Å². The molecule has 1 aliphatic carbocycles. The number of nitriles is 1. The average molecular weight is 368 g/mol. The third-order valence-electron chi connectivity index (χ3n) is 6.75. The second-order valence-electron chi connectivity index (χ2n) is 8.21. The van der Waals surface area contributed by atoms with Gasteiger partial charge in [0.1, 0.15) is 11.9 Å². The summed E-state index contributed by atoms with van der Waals surface area (Å²) in [6.07, 6.45) is 9.10. The summed E-state index contributed by atoms with van der Waals surface area (Å²) in [5.41, 5.74) is 0.287. The highest BCUT2D eigenvalue weighted by Gasteiger charge is 2.51. The topological polar surface area (TPSA) is 69.5 Å². The van der Waals surface area contributed by atoms with Crippen LogP contribution in [0.2, 0.25) is 0 Å². The number of methoxy groups -OCH3 is 1. The first-order chi connectivity index (χ1) is 13.2. The van der Waals surface area contributed by atoms with Crippen LogP contribution in [-0.4, -0.2) is 54.7 Å². The lowest BCUT2D eigenvalue weighted by Crippen LogP contribution is -2.50. The van der Waals surface area contributed by atoms with Crippen molar-refractivity contribution in [3.63, 3.8) is 0 Å². The van der Waals surface area contributed by atoms with E-state index in [0.29, 0.717) is 30.2 Å². The van der Waals surface area contributed by atoms with Crippen molar-refractivity contribution in [3.05, 3.63) is 23.9 Å². The lowest BCUT2D eigenvalue weighted by atomic mass is 9.78. The summed E-state index contributed by atoms with van der Waals surface area (Å²) in [6.45, 7) is 2.41. The monoisotopic (exact) mass is 368 g/mol. The fraction of sp³-hybridized carbons (Fsp3) is 0.667. The molecule has 0 N–H and O–H groups in total. The van der Waals surface area contributed by atoms with E-state index in [4.69, 9.17) is 4.74 Å². The molecule has 1 aromatic rings. The van der Waals surface area contributed by atoms with E-state index in [2.05, 4.69) is 20.9 Å². The molecule has 3 fully saturated rings. The number of carbonyl (C=O) groups excluding carboxylic acids is 1. The summed E-state index contributed by atoms with van der Waals surface area (Å²) >= 11 is 0. The maximum Gasteiger partial charge on any atom is 0.230 e. The molecule has 1 saturated carbocycles. The molecule has 1 spiro atoms. The zero-order valence-corrected chi connectivity index (χ0v) is 16.1. The Kier molecular flexibility index (Phi) is 5.05. The molecule has 1 atom stereocenters. The first kappa shape index (κ1) is 18.2. The van der Waals surface area contributed by atoms with Gasteiger partial charge in [-0.3, -0.25) is 4.79 Å². The number of pyridine rings is 1. The van der Waals surface area contributed by atoms with Gasteiger partial charge in [-0.15, -0.1) is 0 Å². The molecule has 0 radical (unpaired) electrons. The second kappa shape index (κ2) is 7.47. The van der Waals surface area contributed by atoms with Gasteiger partial charge in [-0.1, -0.05) is 0 Å². The lowest BCUT2D eigenvalue weighted by Gasteiger charge is -2.41. The maximum atomic E-state index is 13.4. The predicted molar refractivity (Wildman–Crippen MR) is 102 cm³/mol. The molecule has 144 valence electrons. The minimum Gasteiger partial charge on any atom is -0.381 e. The highest BCUT2D eigenvalue weighted by molar-refractivity contribution is 5.86. The third kappa shape index (κ3) is 3.29. The van der Waals surface area contributed by atoms with Crippen LogP contribution in [0.3, 0.4) is 0 Å². The number of likely N-dealkylation sites (tertiary alicyclic amines) is 1. The van der Waals surface area contributed by atoms with Gasteiger partial charge in [-0.25, -0.2) is 4.98 Å². The normalized spacial score (nSPS) is 31.3. The Morgan fingerprint density at radius 2 is 2.07 bits per heavy atom. The van der Waals surface area contributed by atoms with E-state index < -0.39 is 0 Å². The average Bonchev–Trinajstić information content (AvgIpc) is 3.03. The van der Waals surface area contributed by atoms with Gasteiger partial charge in [0.15, 0.2) is 0 Å². The van der Waals surface area contributed by atoms with E-state index in [9.17, 15) is 10.1 Å². The number of amides is 1. The van der Waals surface area contributed by atoms with Gasteiger partial charge in [-0.05, 0) is 57.1 Å². The fourth-order valence-corrected chi connectivity index (χ4v) is 5.22. The van der Waals surface area contributed by atoms with Crippen molar-refractivity contribution in [2.75, 3.05) is 31.6 Å². The largest absolute Gasteiger partial charge is 0.381 e. The Hall–Kier alpha value is -2.13. The van der Waals surface area contributed by atoms with Crippen molar-refractivity contribution in [1.82, 2.24) is 9.88 Å². The molecule has 0 unspecified atom stereocenters. The van der Waals surface area contributed by atoms with Crippen molar-refractivity contribution in [2.45, 2.75) is 57.1 Å². The van der Waals surface area contributed by atoms with Gasteiger partial charge in [0.25, 0.3) is 0 Å². The summed E-state index contributed by atoms with van der Waals surface area (Å²) in [5.74, 6) is 1.05. The van der Waals surface area contributed by atoms with Gasteiger partial charge in [0, 0.05) is 39.0 Å². The summed E-state index contributed by atoms with van der Waals surface area (Å²) in [4.78, 5) is 22.2. The number of hydrogen-bond donors (Lipinski definition) is 0. The van der Waals surface area contributed by atoms with Crippen LogP contribution in [0.15, 0.2) is 18.3 Å². The van der Waals surface area contributed by atoms with E-state index in [1.54, 1.807) is 25.4 Å². The molecule has 6 heteroatoms. The standard InChI is InChI=1S/C21H28N4O2/c1-27-18-7-5-17(6-8-18)25-13-10-21(20(25)26)9-3-12-24(15-21)19-16(14-22)4-2-11-23-19/h2,4,11,17-18H,3,5-10,12-13,15H2,1H3/t17?,18?,21-/m0/s1. The SMILES string of the molecule is COC1CCC(N2CC[C@]3(CCCN(c4ncccc4C#N)C3)C2=O)CC1. The Bertz CT molecular complexity index is 738. The number of aromatic nitrogens is 1. The molecule has 3 heterocycles. The molecule has 2 saturated heterocycles. The van der Waals surface area contributed by atoms with Gasteiger partial charge >= 0.3 is 0 Å². The van der Waals surface area contributed by atoms with E-state index in [-0.39, 0.29) is 5.41 Å². The Morgan fingerprint density at radius 3 is 2.81 bits per heavy atom. The Morgan fingerprint density at radius 1 is 1.26 bits per heavy atom. The maximum absolute atomic E-state index is 13.4. The Labute approximate surface area is 161 Å². The van der Waals surface area contributed by atoms with Crippen LogP contribution in [0.5, 0.6) is 0 Å². The second-order valence-corrected chi connectivity index (χ2v) is 8.21. The van der Waals surface area contributed by atoms with Crippen LogP contribution in [0, 0.1) is 16.7 Å². The minimum atomic E-state index is -0.305. The number of anilines is 1. The molecule has 1 aromatic heterocycles. The fourth-order valence-electron chi connectivity index (χ4n) is 5.22. The number of hydrogen-bond acceptors (Lipinski definition) is 5. The number of carbonyl (C=O) groups is 1. The smallest absolute Gasteiger partial charge is 0.230 e. The van der Waals surface area contributed by atoms with Crippen LogP contribution in [0.25, 0.3) is 0 Å². The van der Waals surface area contributed by atoms with Crippen molar-refractivity contribution in [3.8, 4) is 6.07 Å². The highest BCUT2D eigenvalue weighted by atomic mass is 16.5. The van der Waals surface area contributed by atoms with Crippen LogP contribution in [0.1, 0.15) is 50.5 Å². The zero-order valence-electron chi connectivity index (χ0n) is 16.1. The first-order valence-electron chi connectivity index (χ1n) is 10.1. The van der Waals surface area contributed by atoms with Gasteiger partial charge in [0.2, 0.25) is 5.91 Å². The van der Waals surface area contributed by atoms with Gasteiger partial charge in [-0.2, -0.15) is 5.26 Å². The van der Waals surface area contributed by atoms with Gasteiger partial charge < -0.3 is 14.5 Å². The van der Waals surface area contributed by atoms with Crippen LogP contribution in [0.4, 0.5) is 5.82 Å².